The SMILES string of the molecule is CC1(C)Oc2ccc(C#N)cc2[C@H](n2nc(N)c3ccc(Br)cc32)[C@H]1O. The van der Waals surface area contributed by atoms with E-state index in [1.54, 1.807) is 22.9 Å². The minimum atomic E-state index is -0.884. The third-order valence-corrected chi connectivity index (χ3v) is 5.30. The fourth-order valence-electron chi connectivity index (χ4n) is 3.45. The molecule has 0 spiro atoms. The smallest absolute Gasteiger partial charge is 0.153 e. The van der Waals surface area contributed by atoms with Crippen LogP contribution in [0.2, 0.25) is 0 Å². The molecule has 6 nitrogen and oxygen atoms in total. The normalized spacial score (nSPS) is 21.0. The van der Waals surface area contributed by atoms with E-state index < -0.39 is 17.7 Å². The molecule has 0 aliphatic carbocycles. The van der Waals surface area contributed by atoms with Crippen molar-refractivity contribution in [1.29, 1.82) is 5.26 Å². The number of aliphatic hydroxyl groups is 1. The van der Waals surface area contributed by atoms with Gasteiger partial charge in [0.25, 0.3) is 0 Å². The molecule has 26 heavy (non-hydrogen) atoms. The number of halogens is 1. The maximum absolute atomic E-state index is 11.1. The Morgan fingerprint density at radius 3 is 2.81 bits per heavy atom. The van der Waals surface area contributed by atoms with Crippen molar-refractivity contribution in [3.63, 3.8) is 0 Å². The molecule has 1 aliphatic heterocycles. The van der Waals surface area contributed by atoms with E-state index in [0.29, 0.717) is 22.7 Å². The van der Waals surface area contributed by atoms with Crippen LogP contribution in [0.3, 0.4) is 0 Å². The summed E-state index contributed by atoms with van der Waals surface area (Å²) in [6, 6.07) is 12.5. The molecule has 0 amide bonds. The van der Waals surface area contributed by atoms with Crippen LogP contribution in [0.15, 0.2) is 40.9 Å². The van der Waals surface area contributed by atoms with E-state index in [2.05, 4.69) is 27.1 Å². The second kappa shape index (κ2) is 5.73. The highest BCUT2D eigenvalue weighted by Gasteiger charge is 2.45. The molecule has 3 N–H and O–H groups in total. The van der Waals surface area contributed by atoms with Gasteiger partial charge in [-0.25, -0.2) is 0 Å². The van der Waals surface area contributed by atoms with Crippen molar-refractivity contribution in [3.05, 3.63) is 52.0 Å². The number of benzene rings is 2. The van der Waals surface area contributed by atoms with Gasteiger partial charge in [-0.15, -0.1) is 0 Å². The maximum atomic E-state index is 11.1. The van der Waals surface area contributed by atoms with E-state index in [0.717, 1.165) is 15.4 Å². The third-order valence-electron chi connectivity index (χ3n) is 4.80. The van der Waals surface area contributed by atoms with Gasteiger partial charge in [0.05, 0.1) is 17.1 Å². The number of aliphatic hydroxyl groups excluding tert-OH is 1. The molecular formula is C19H17BrN4O2. The standard InChI is InChI=1S/C19H17BrN4O2/c1-19(2)17(25)16(13-7-10(9-21)3-6-15(13)26-19)24-14-8-11(20)4-5-12(14)18(22)23-24/h3-8,16-17,25H,1-2H3,(H2,22,23)/t16-,17+/m0/s1. The fourth-order valence-corrected chi connectivity index (χ4v) is 3.80. The van der Waals surface area contributed by atoms with Crippen molar-refractivity contribution in [2.24, 2.45) is 0 Å². The van der Waals surface area contributed by atoms with Crippen molar-refractivity contribution in [3.8, 4) is 11.8 Å². The van der Waals surface area contributed by atoms with Crippen LogP contribution in [0, 0.1) is 11.3 Å². The van der Waals surface area contributed by atoms with Crippen molar-refractivity contribution in [2.75, 3.05) is 5.73 Å². The highest BCUT2D eigenvalue weighted by Crippen LogP contribution is 2.43. The Morgan fingerprint density at radius 1 is 1.31 bits per heavy atom. The number of nitrogens with zero attached hydrogens (tertiary/aromatic N) is 3. The molecule has 2 aromatic carbocycles. The van der Waals surface area contributed by atoms with Crippen molar-refractivity contribution in [2.45, 2.75) is 31.6 Å². The fraction of sp³-hybridized carbons (Fsp3) is 0.263. The second-order valence-corrected chi connectivity index (χ2v) is 7.87. The zero-order chi connectivity index (χ0) is 18.6. The molecule has 3 aromatic rings. The number of nitrogen functional groups attached to an aromatic ring is 1. The number of anilines is 1. The minimum absolute atomic E-state index is 0.391. The van der Waals surface area contributed by atoms with Crippen LogP contribution in [0.4, 0.5) is 5.82 Å². The van der Waals surface area contributed by atoms with E-state index in [9.17, 15) is 10.4 Å². The summed E-state index contributed by atoms with van der Waals surface area (Å²) in [7, 11) is 0. The average Bonchev–Trinajstić information content (AvgIpc) is 2.91. The maximum Gasteiger partial charge on any atom is 0.153 e. The number of rotatable bonds is 1. The van der Waals surface area contributed by atoms with Crippen LogP contribution in [0.1, 0.15) is 31.0 Å². The number of nitrogens with two attached hydrogens (primary N) is 1. The Bertz CT molecular complexity index is 1070. The molecule has 1 aliphatic rings. The van der Waals surface area contributed by atoms with Crippen LogP contribution in [0.5, 0.6) is 5.75 Å². The third kappa shape index (κ3) is 2.45. The van der Waals surface area contributed by atoms with Crippen molar-refractivity contribution >= 4 is 32.7 Å². The molecule has 2 atom stereocenters. The summed E-state index contributed by atoms with van der Waals surface area (Å²) in [5, 5.41) is 25.7. The van der Waals surface area contributed by atoms with Crippen LogP contribution < -0.4 is 10.5 Å². The molecule has 0 saturated heterocycles. The minimum Gasteiger partial charge on any atom is -0.485 e. The van der Waals surface area contributed by atoms with Gasteiger partial charge in [-0.2, -0.15) is 10.4 Å². The molecule has 132 valence electrons. The largest absolute Gasteiger partial charge is 0.485 e. The van der Waals surface area contributed by atoms with Gasteiger partial charge in [0, 0.05) is 15.4 Å². The zero-order valence-electron chi connectivity index (χ0n) is 14.3. The van der Waals surface area contributed by atoms with Crippen molar-refractivity contribution < 1.29 is 9.84 Å². The molecule has 0 unspecified atom stereocenters. The van der Waals surface area contributed by atoms with E-state index in [1.807, 2.05) is 32.0 Å². The lowest BCUT2D eigenvalue weighted by molar-refractivity contribution is -0.0649. The number of fused-ring (bicyclic) bond motifs is 2. The van der Waals surface area contributed by atoms with E-state index in [4.69, 9.17) is 10.5 Å². The molecule has 0 saturated carbocycles. The van der Waals surface area contributed by atoms with Crippen LogP contribution in [-0.2, 0) is 0 Å². The van der Waals surface area contributed by atoms with Gasteiger partial charge in [-0.3, -0.25) is 4.68 Å². The lowest BCUT2D eigenvalue weighted by Crippen LogP contribution is -2.50. The molecular weight excluding hydrogens is 396 g/mol. The van der Waals surface area contributed by atoms with Crippen LogP contribution in [-0.4, -0.2) is 26.6 Å². The predicted octanol–water partition coefficient (Wildman–Crippen LogP) is 3.37. The van der Waals surface area contributed by atoms with Gasteiger partial charge in [0.2, 0.25) is 0 Å². The highest BCUT2D eigenvalue weighted by atomic mass is 79.9. The topological polar surface area (TPSA) is 97.1 Å². The monoisotopic (exact) mass is 412 g/mol. The second-order valence-electron chi connectivity index (χ2n) is 6.95. The highest BCUT2D eigenvalue weighted by molar-refractivity contribution is 9.10. The first-order valence-electron chi connectivity index (χ1n) is 8.16. The molecule has 7 heteroatoms. The lowest BCUT2D eigenvalue weighted by atomic mass is 9.86. The van der Waals surface area contributed by atoms with Gasteiger partial charge in [-0.05, 0) is 50.2 Å². The van der Waals surface area contributed by atoms with Crippen LogP contribution in [0.25, 0.3) is 10.9 Å². The Morgan fingerprint density at radius 2 is 2.08 bits per heavy atom. The number of nitriles is 1. The number of hydrogen-bond donors (Lipinski definition) is 2. The summed E-state index contributed by atoms with van der Waals surface area (Å²) < 4.78 is 8.60. The Balaban J connectivity index is 2.02. The van der Waals surface area contributed by atoms with Gasteiger partial charge in [0.15, 0.2) is 5.82 Å². The first-order chi connectivity index (χ1) is 12.3. The summed E-state index contributed by atoms with van der Waals surface area (Å²) in [5.74, 6) is 1.02. The number of hydrogen-bond acceptors (Lipinski definition) is 5. The number of ether oxygens (including phenoxy) is 1. The molecule has 0 radical (unpaired) electrons. The summed E-state index contributed by atoms with van der Waals surface area (Å²) in [5.41, 5.74) is 7.28. The Labute approximate surface area is 158 Å². The summed E-state index contributed by atoms with van der Waals surface area (Å²) in [6.07, 6.45) is -0.884. The van der Waals surface area contributed by atoms with Gasteiger partial charge < -0.3 is 15.6 Å². The van der Waals surface area contributed by atoms with Crippen LogP contribution >= 0.6 is 15.9 Å². The quantitative estimate of drug-likeness (QED) is 0.638. The average molecular weight is 413 g/mol. The molecule has 0 bridgehead atoms. The van der Waals surface area contributed by atoms with Gasteiger partial charge in [-0.1, -0.05) is 15.9 Å². The molecule has 2 heterocycles. The first kappa shape index (κ1) is 16.9. The number of aromatic nitrogens is 2. The molecule has 1 aromatic heterocycles. The molecule has 4 rings (SSSR count). The Hall–Kier alpha value is -2.56. The lowest BCUT2D eigenvalue weighted by Gasteiger charge is -2.42. The van der Waals surface area contributed by atoms with Crippen molar-refractivity contribution in [1.82, 2.24) is 9.78 Å². The van der Waals surface area contributed by atoms with Gasteiger partial charge >= 0.3 is 0 Å². The summed E-state index contributed by atoms with van der Waals surface area (Å²) >= 11 is 3.48. The first-order valence-corrected chi connectivity index (χ1v) is 8.95. The van der Waals surface area contributed by atoms with E-state index in [1.165, 1.54) is 0 Å². The van der Waals surface area contributed by atoms with E-state index >= 15 is 0 Å². The Kier molecular flexibility index (Phi) is 3.72. The summed E-state index contributed by atoms with van der Waals surface area (Å²) in [4.78, 5) is 0. The molecule has 0 fully saturated rings. The summed E-state index contributed by atoms with van der Waals surface area (Å²) in [6.45, 7) is 3.66. The van der Waals surface area contributed by atoms with E-state index in [-0.39, 0.29) is 0 Å². The predicted molar refractivity (Wildman–Crippen MR) is 102 cm³/mol. The van der Waals surface area contributed by atoms with Gasteiger partial charge in [0.1, 0.15) is 23.5 Å². The zero-order valence-corrected chi connectivity index (χ0v) is 15.9.